The van der Waals surface area contributed by atoms with E-state index in [1.807, 2.05) is 24.3 Å². The number of rotatable bonds is 3. The second-order valence-electron chi connectivity index (χ2n) is 5.19. The van der Waals surface area contributed by atoms with E-state index in [0.29, 0.717) is 12.1 Å². The Morgan fingerprint density at radius 3 is 2.96 bits per heavy atom. The summed E-state index contributed by atoms with van der Waals surface area (Å²) in [6.07, 6.45) is 6.63. The van der Waals surface area contributed by atoms with E-state index in [2.05, 4.69) is 15.3 Å². The van der Waals surface area contributed by atoms with Crippen LogP contribution in [0, 0.1) is 0 Å². The Hall–Kier alpha value is -3.21. The van der Waals surface area contributed by atoms with Crippen molar-refractivity contribution in [3.63, 3.8) is 0 Å². The predicted octanol–water partition coefficient (Wildman–Crippen LogP) is 3.31. The molecular weight excluding hydrogens is 290 g/mol. The van der Waals surface area contributed by atoms with E-state index < -0.39 is 0 Å². The van der Waals surface area contributed by atoms with E-state index in [1.54, 1.807) is 37.0 Å². The number of para-hydroxylation sites is 1. The Morgan fingerprint density at radius 2 is 2.00 bits per heavy atom. The highest BCUT2D eigenvalue weighted by Crippen LogP contribution is 2.21. The lowest BCUT2D eigenvalue weighted by molar-refractivity contribution is 0.0952. The van der Waals surface area contributed by atoms with Gasteiger partial charge in [-0.3, -0.25) is 14.8 Å². The molecule has 0 unspecified atom stereocenters. The standard InChI is InChI=1S/C18H13N3O2/c22-18(14-5-8-20-16-6-7-19-10-15(14)16)21-9-12-11-23-17-4-2-1-3-13(12)17/h1-8,10-11H,9H2,(H,21,22). The molecule has 4 aromatic rings. The van der Waals surface area contributed by atoms with Crippen molar-refractivity contribution in [3.05, 3.63) is 72.4 Å². The number of carbonyl (C=O) groups is 1. The van der Waals surface area contributed by atoms with E-state index in [0.717, 1.165) is 27.4 Å². The van der Waals surface area contributed by atoms with Gasteiger partial charge in [0.15, 0.2) is 0 Å². The highest BCUT2D eigenvalue weighted by Gasteiger charge is 2.12. The Bertz CT molecular complexity index is 1000. The Labute approximate surface area is 132 Å². The zero-order chi connectivity index (χ0) is 15.6. The molecule has 0 saturated heterocycles. The van der Waals surface area contributed by atoms with Gasteiger partial charge < -0.3 is 9.73 Å². The van der Waals surface area contributed by atoms with Gasteiger partial charge in [-0.1, -0.05) is 18.2 Å². The summed E-state index contributed by atoms with van der Waals surface area (Å²) in [7, 11) is 0. The molecule has 0 aliphatic heterocycles. The minimum Gasteiger partial charge on any atom is -0.464 e. The number of hydrogen-bond donors (Lipinski definition) is 1. The number of fused-ring (bicyclic) bond motifs is 2. The normalized spacial score (nSPS) is 11.0. The smallest absolute Gasteiger partial charge is 0.252 e. The summed E-state index contributed by atoms with van der Waals surface area (Å²) in [6, 6.07) is 11.2. The number of amides is 1. The molecule has 3 heterocycles. The van der Waals surface area contributed by atoms with Crippen LogP contribution in [0.15, 0.2) is 65.7 Å². The molecule has 1 aromatic carbocycles. The number of aromatic nitrogens is 2. The molecule has 23 heavy (non-hydrogen) atoms. The van der Waals surface area contributed by atoms with Crippen molar-refractivity contribution in [1.82, 2.24) is 15.3 Å². The molecule has 0 aliphatic rings. The minimum absolute atomic E-state index is 0.157. The van der Waals surface area contributed by atoms with Crippen molar-refractivity contribution in [2.75, 3.05) is 0 Å². The van der Waals surface area contributed by atoms with Crippen LogP contribution in [0.1, 0.15) is 15.9 Å². The summed E-state index contributed by atoms with van der Waals surface area (Å²) in [4.78, 5) is 20.8. The van der Waals surface area contributed by atoms with Crippen LogP contribution >= 0.6 is 0 Å². The topological polar surface area (TPSA) is 68.0 Å². The summed E-state index contributed by atoms with van der Waals surface area (Å²) in [5.41, 5.74) is 3.08. The zero-order valence-electron chi connectivity index (χ0n) is 12.2. The molecule has 0 bridgehead atoms. The first-order chi connectivity index (χ1) is 11.3. The maximum absolute atomic E-state index is 12.5. The molecule has 0 saturated carbocycles. The molecular formula is C18H13N3O2. The lowest BCUT2D eigenvalue weighted by atomic mass is 10.1. The molecule has 5 nitrogen and oxygen atoms in total. The molecule has 0 radical (unpaired) electrons. The quantitative estimate of drug-likeness (QED) is 0.630. The second kappa shape index (κ2) is 5.53. The van der Waals surface area contributed by atoms with Crippen LogP contribution in [-0.2, 0) is 6.54 Å². The van der Waals surface area contributed by atoms with Crippen molar-refractivity contribution in [1.29, 1.82) is 0 Å². The number of furan rings is 1. The predicted molar refractivity (Wildman–Crippen MR) is 86.9 cm³/mol. The van der Waals surface area contributed by atoms with E-state index in [9.17, 15) is 4.79 Å². The highest BCUT2D eigenvalue weighted by atomic mass is 16.3. The van der Waals surface area contributed by atoms with Gasteiger partial charge in [-0.05, 0) is 18.2 Å². The minimum atomic E-state index is -0.157. The number of benzene rings is 1. The highest BCUT2D eigenvalue weighted by molar-refractivity contribution is 6.05. The molecule has 0 fully saturated rings. The van der Waals surface area contributed by atoms with Gasteiger partial charge >= 0.3 is 0 Å². The number of carbonyl (C=O) groups excluding carboxylic acids is 1. The summed E-state index contributed by atoms with van der Waals surface area (Å²) in [5.74, 6) is -0.157. The molecule has 4 rings (SSSR count). The first-order valence-corrected chi connectivity index (χ1v) is 7.25. The fraction of sp³-hybridized carbons (Fsp3) is 0.0556. The third-order valence-electron chi connectivity index (χ3n) is 3.79. The number of nitrogens with zero attached hydrogens (tertiary/aromatic N) is 2. The van der Waals surface area contributed by atoms with Crippen LogP contribution < -0.4 is 5.32 Å². The van der Waals surface area contributed by atoms with Crippen molar-refractivity contribution in [3.8, 4) is 0 Å². The summed E-state index contributed by atoms with van der Waals surface area (Å²) >= 11 is 0. The van der Waals surface area contributed by atoms with E-state index in [4.69, 9.17) is 4.42 Å². The molecule has 1 N–H and O–H groups in total. The third kappa shape index (κ3) is 2.42. The van der Waals surface area contributed by atoms with Gasteiger partial charge in [-0.15, -0.1) is 0 Å². The van der Waals surface area contributed by atoms with Gasteiger partial charge in [-0.2, -0.15) is 0 Å². The van der Waals surface area contributed by atoms with Crippen molar-refractivity contribution in [2.24, 2.45) is 0 Å². The van der Waals surface area contributed by atoms with Crippen LogP contribution in [0.3, 0.4) is 0 Å². The molecule has 3 aromatic heterocycles. The molecule has 0 atom stereocenters. The van der Waals surface area contributed by atoms with Gasteiger partial charge in [0.2, 0.25) is 0 Å². The van der Waals surface area contributed by atoms with Crippen LogP contribution in [0.5, 0.6) is 0 Å². The maximum Gasteiger partial charge on any atom is 0.252 e. The lowest BCUT2D eigenvalue weighted by Gasteiger charge is -2.06. The van der Waals surface area contributed by atoms with Crippen LogP contribution in [-0.4, -0.2) is 15.9 Å². The number of nitrogens with one attached hydrogen (secondary N) is 1. The lowest BCUT2D eigenvalue weighted by Crippen LogP contribution is -2.23. The monoisotopic (exact) mass is 303 g/mol. The average Bonchev–Trinajstić information content (AvgIpc) is 3.02. The van der Waals surface area contributed by atoms with E-state index in [1.165, 1.54) is 0 Å². The maximum atomic E-state index is 12.5. The van der Waals surface area contributed by atoms with Crippen LogP contribution in [0.25, 0.3) is 21.9 Å². The molecule has 5 heteroatoms. The zero-order valence-corrected chi connectivity index (χ0v) is 12.2. The van der Waals surface area contributed by atoms with Crippen molar-refractivity contribution >= 4 is 27.8 Å². The number of hydrogen-bond acceptors (Lipinski definition) is 4. The first-order valence-electron chi connectivity index (χ1n) is 7.25. The Kier molecular flexibility index (Phi) is 3.24. The van der Waals surface area contributed by atoms with Crippen molar-refractivity contribution in [2.45, 2.75) is 6.54 Å². The van der Waals surface area contributed by atoms with Crippen LogP contribution in [0.4, 0.5) is 0 Å². The Balaban J connectivity index is 1.60. The fourth-order valence-electron chi connectivity index (χ4n) is 2.63. The first kappa shape index (κ1) is 13.5. The van der Waals surface area contributed by atoms with Crippen molar-refractivity contribution < 1.29 is 9.21 Å². The molecule has 0 aliphatic carbocycles. The average molecular weight is 303 g/mol. The Morgan fingerprint density at radius 1 is 1.09 bits per heavy atom. The largest absolute Gasteiger partial charge is 0.464 e. The SMILES string of the molecule is O=C(NCc1coc2ccccc12)c1ccnc2ccncc12. The van der Waals surface area contributed by atoms with Gasteiger partial charge in [0.1, 0.15) is 5.58 Å². The molecule has 1 amide bonds. The third-order valence-corrected chi connectivity index (χ3v) is 3.79. The number of pyridine rings is 2. The van der Waals surface area contributed by atoms with Gasteiger partial charge in [0.05, 0.1) is 17.3 Å². The summed E-state index contributed by atoms with van der Waals surface area (Å²) in [5, 5.41) is 4.68. The van der Waals surface area contributed by atoms with Gasteiger partial charge in [0.25, 0.3) is 5.91 Å². The van der Waals surface area contributed by atoms with Gasteiger partial charge in [0, 0.05) is 41.5 Å². The second-order valence-corrected chi connectivity index (χ2v) is 5.19. The summed E-state index contributed by atoms with van der Waals surface area (Å²) in [6.45, 7) is 0.403. The van der Waals surface area contributed by atoms with E-state index >= 15 is 0 Å². The van der Waals surface area contributed by atoms with E-state index in [-0.39, 0.29) is 5.91 Å². The van der Waals surface area contributed by atoms with Crippen LogP contribution in [0.2, 0.25) is 0 Å². The van der Waals surface area contributed by atoms with Gasteiger partial charge in [-0.25, -0.2) is 0 Å². The fourth-order valence-corrected chi connectivity index (χ4v) is 2.63. The summed E-state index contributed by atoms with van der Waals surface area (Å²) < 4.78 is 5.49. The molecule has 112 valence electrons. The molecule has 0 spiro atoms.